The maximum Gasteiger partial charge on any atom is 0.0540 e. The largest absolute Gasteiger partial charge is 0.310 e. The van der Waals surface area contributed by atoms with Crippen molar-refractivity contribution in [1.82, 2.24) is 0 Å². The van der Waals surface area contributed by atoms with Gasteiger partial charge in [-0.25, -0.2) is 0 Å². The van der Waals surface area contributed by atoms with Gasteiger partial charge in [0.1, 0.15) is 0 Å². The van der Waals surface area contributed by atoms with Crippen LogP contribution in [0.15, 0.2) is 206 Å². The average molecular weight is 663 g/mol. The van der Waals surface area contributed by atoms with Crippen molar-refractivity contribution < 1.29 is 0 Å². The van der Waals surface area contributed by atoms with E-state index in [4.69, 9.17) is 0 Å². The van der Waals surface area contributed by atoms with Crippen molar-refractivity contribution in [2.45, 2.75) is 0 Å². The predicted octanol–water partition coefficient (Wildman–Crippen LogP) is 14.4. The molecule has 52 heavy (non-hydrogen) atoms. The Labute approximate surface area is 303 Å². The predicted molar refractivity (Wildman–Crippen MR) is 223 cm³/mol. The van der Waals surface area contributed by atoms with E-state index in [1.54, 1.807) is 0 Å². The van der Waals surface area contributed by atoms with Gasteiger partial charge in [-0.2, -0.15) is 0 Å². The summed E-state index contributed by atoms with van der Waals surface area (Å²) in [7, 11) is 0. The van der Waals surface area contributed by atoms with Crippen LogP contribution < -0.4 is 9.80 Å². The van der Waals surface area contributed by atoms with E-state index in [2.05, 4.69) is 216 Å². The smallest absolute Gasteiger partial charge is 0.0540 e. The van der Waals surface area contributed by atoms with Gasteiger partial charge < -0.3 is 9.80 Å². The summed E-state index contributed by atoms with van der Waals surface area (Å²) in [6.45, 7) is 0. The molecule has 0 fully saturated rings. The molecular weight excluding hydrogens is 629 g/mol. The summed E-state index contributed by atoms with van der Waals surface area (Å²) < 4.78 is 0. The molecule has 244 valence electrons. The Hall–Kier alpha value is -6.90. The van der Waals surface area contributed by atoms with E-state index in [-0.39, 0.29) is 0 Å². The van der Waals surface area contributed by atoms with Crippen LogP contribution in [-0.2, 0) is 0 Å². The van der Waals surface area contributed by atoms with Crippen LogP contribution in [0.2, 0.25) is 0 Å². The molecule has 10 rings (SSSR count). The number of hydrogen-bond donors (Lipinski definition) is 0. The van der Waals surface area contributed by atoms with E-state index in [0.29, 0.717) is 0 Å². The van der Waals surface area contributed by atoms with Crippen molar-refractivity contribution in [1.29, 1.82) is 0 Å². The molecule has 2 heteroatoms. The molecule has 0 aliphatic carbocycles. The number of fused-ring (bicyclic) bond motifs is 5. The van der Waals surface area contributed by atoms with Crippen molar-refractivity contribution in [2.75, 3.05) is 9.80 Å². The molecule has 0 aliphatic rings. The highest BCUT2D eigenvalue weighted by Crippen LogP contribution is 2.43. The molecule has 0 radical (unpaired) electrons. The van der Waals surface area contributed by atoms with Gasteiger partial charge in [0.25, 0.3) is 0 Å². The van der Waals surface area contributed by atoms with Crippen molar-refractivity contribution in [3.05, 3.63) is 206 Å². The molecule has 0 N–H and O–H groups in total. The minimum absolute atomic E-state index is 1.12. The van der Waals surface area contributed by atoms with Gasteiger partial charge in [0.2, 0.25) is 0 Å². The highest BCUT2D eigenvalue weighted by Gasteiger charge is 2.19. The Morgan fingerprint density at radius 1 is 0.212 bits per heavy atom. The van der Waals surface area contributed by atoms with E-state index in [9.17, 15) is 0 Å². The Kier molecular flexibility index (Phi) is 7.18. The molecule has 0 saturated heterocycles. The number of nitrogens with zero attached hydrogens (tertiary/aromatic N) is 2. The van der Waals surface area contributed by atoms with Gasteiger partial charge in [-0.05, 0) is 104 Å². The standard InChI is InChI=1S/C50H34N2/c1-3-15-39-31-43(27-23-35(39)11-1)51(49-21-9-17-37-13-5-7-19-47(37)49)45-29-25-42-34-46(30-26-41(42)33-45)52(44-28-24-36-12-2-4-16-40(36)32-44)50-22-10-18-38-14-6-8-20-48(38)50/h1-34H. The van der Waals surface area contributed by atoms with Crippen LogP contribution in [0.3, 0.4) is 0 Å². The van der Waals surface area contributed by atoms with Gasteiger partial charge >= 0.3 is 0 Å². The fourth-order valence-electron chi connectivity index (χ4n) is 7.79. The first kappa shape index (κ1) is 30.0. The molecule has 0 saturated carbocycles. The molecule has 10 aromatic carbocycles. The van der Waals surface area contributed by atoms with Crippen molar-refractivity contribution >= 4 is 88.0 Å². The summed E-state index contributed by atoms with van der Waals surface area (Å²) in [6.07, 6.45) is 0. The number of benzene rings is 10. The van der Waals surface area contributed by atoms with Gasteiger partial charge in [0.15, 0.2) is 0 Å². The zero-order chi connectivity index (χ0) is 34.4. The summed E-state index contributed by atoms with van der Waals surface area (Å²) in [4.78, 5) is 4.80. The number of anilines is 6. The third kappa shape index (κ3) is 5.21. The lowest BCUT2D eigenvalue weighted by atomic mass is 10.0. The molecule has 10 aromatic rings. The second kappa shape index (κ2) is 12.5. The number of rotatable bonds is 6. The first-order valence-corrected chi connectivity index (χ1v) is 17.8. The molecule has 0 spiro atoms. The number of hydrogen-bond acceptors (Lipinski definition) is 2. The highest BCUT2D eigenvalue weighted by atomic mass is 15.1. The van der Waals surface area contributed by atoms with Crippen LogP contribution in [-0.4, -0.2) is 0 Å². The van der Waals surface area contributed by atoms with Crippen LogP contribution in [0.4, 0.5) is 34.1 Å². The van der Waals surface area contributed by atoms with Crippen LogP contribution in [0.1, 0.15) is 0 Å². The zero-order valence-corrected chi connectivity index (χ0v) is 28.5. The molecular formula is C50H34N2. The third-order valence-electron chi connectivity index (χ3n) is 10.3. The van der Waals surface area contributed by atoms with E-state index in [1.807, 2.05) is 0 Å². The van der Waals surface area contributed by atoms with Crippen LogP contribution in [0.25, 0.3) is 53.9 Å². The van der Waals surface area contributed by atoms with E-state index in [1.165, 1.54) is 53.9 Å². The van der Waals surface area contributed by atoms with Gasteiger partial charge in [0, 0.05) is 33.5 Å². The molecule has 0 aliphatic heterocycles. The zero-order valence-electron chi connectivity index (χ0n) is 28.5. The van der Waals surface area contributed by atoms with Gasteiger partial charge in [0.05, 0.1) is 11.4 Å². The highest BCUT2D eigenvalue weighted by molar-refractivity contribution is 6.04. The first-order chi connectivity index (χ1) is 25.8. The quantitative estimate of drug-likeness (QED) is 0.175. The summed E-state index contributed by atoms with van der Waals surface area (Å²) in [5.74, 6) is 0. The Morgan fingerprint density at radius 3 is 0.904 bits per heavy atom. The van der Waals surface area contributed by atoms with Crippen molar-refractivity contribution in [3.8, 4) is 0 Å². The second-order valence-electron chi connectivity index (χ2n) is 13.4. The second-order valence-corrected chi connectivity index (χ2v) is 13.4. The molecule has 0 amide bonds. The summed E-state index contributed by atoms with van der Waals surface area (Å²) in [5.41, 5.74) is 6.80. The molecule has 0 aromatic heterocycles. The fraction of sp³-hybridized carbons (Fsp3) is 0. The van der Waals surface area contributed by atoms with Crippen LogP contribution in [0.5, 0.6) is 0 Å². The molecule has 0 unspecified atom stereocenters. The Bertz CT molecular complexity index is 2730. The van der Waals surface area contributed by atoms with Crippen molar-refractivity contribution in [3.63, 3.8) is 0 Å². The summed E-state index contributed by atoms with van der Waals surface area (Å²) in [5, 5.41) is 12.2. The SMILES string of the molecule is c1ccc2cc(N(c3ccc4cc(N(c5ccc6ccccc6c5)c5cccc6ccccc56)ccc4c3)c3cccc4ccccc34)ccc2c1. The monoisotopic (exact) mass is 662 g/mol. The minimum Gasteiger partial charge on any atom is -0.310 e. The normalized spacial score (nSPS) is 11.5. The van der Waals surface area contributed by atoms with E-state index >= 15 is 0 Å². The van der Waals surface area contributed by atoms with Gasteiger partial charge in [-0.1, -0.05) is 146 Å². The van der Waals surface area contributed by atoms with Gasteiger partial charge in [-0.3, -0.25) is 0 Å². The lowest BCUT2D eigenvalue weighted by molar-refractivity contribution is 1.30. The molecule has 0 heterocycles. The minimum atomic E-state index is 1.12. The Morgan fingerprint density at radius 2 is 0.500 bits per heavy atom. The molecule has 0 atom stereocenters. The van der Waals surface area contributed by atoms with Crippen LogP contribution in [0, 0.1) is 0 Å². The van der Waals surface area contributed by atoms with E-state index in [0.717, 1.165) is 34.1 Å². The Balaban J connectivity index is 1.14. The summed E-state index contributed by atoms with van der Waals surface area (Å²) >= 11 is 0. The van der Waals surface area contributed by atoms with Crippen LogP contribution >= 0.6 is 0 Å². The fourth-order valence-corrected chi connectivity index (χ4v) is 7.79. The topological polar surface area (TPSA) is 6.48 Å². The van der Waals surface area contributed by atoms with E-state index < -0.39 is 0 Å². The third-order valence-corrected chi connectivity index (χ3v) is 10.3. The average Bonchev–Trinajstić information content (AvgIpc) is 3.21. The van der Waals surface area contributed by atoms with Crippen molar-refractivity contribution in [2.24, 2.45) is 0 Å². The maximum atomic E-state index is 2.40. The maximum absolute atomic E-state index is 2.40. The first-order valence-electron chi connectivity index (χ1n) is 17.8. The lowest BCUT2D eigenvalue weighted by Crippen LogP contribution is -2.11. The summed E-state index contributed by atoms with van der Waals surface area (Å²) in [6, 6.07) is 74.9. The van der Waals surface area contributed by atoms with Gasteiger partial charge in [-0.15, -0.1) is 0 Å². The molecule has 2 nitrogen and oxygen atoms in total. The lowest BCUT2D eigenvalue weighted by Gasteiger charge is -2.28. The molecule has 0 bridgehead atoms.